The van der Waals surface area contributed by atoms with E-state index in [2.05, 4.69) is 15.5 Å². The van der Waals surface area contributed by atoms with Crippen molar-refractivity contribution >= 4 is 23.1 Å². The number of pyridine rings is 1. The molecule has 0 bridgehead atoms. The van der Waals surface area contributed by atoms with Gasteiger partial charge in [0.15, 0.2) is 0 Å². The number of rotatable bonds is 3. The van der Waals surface area contributed by atoms with Crippen LogP contribution in [0.15, 0.2) is 53.8 Å². The Morgan fingerprint density at radius 1 is 1.18 bits per heavy atom. The fourth-order valence-electron chi connectivity index (χ4n) is 1.33. The van der Waals surface area contributed by atoms with Gasteiger partial charge in [-0.3, -0.25) is 5.43 Å². The molecule has 0 saturated heterocycles. The van der Waals surface area contributed by atoms with Crippen molar-refractivity contribution in [3.8, 4) is 0 Å². The van der Waals surface area contributed by atoms with Crippen molar-refractivity contribution in [3.05, 3.63) is 59.2 Å². The highest BCUT2D eigenvalue weighted by atomic mass is 35.5. The van der Waals surface area contributed by atoms with Crippen LogP contribution in [0.1, 0.15) is 12.5 Å². The number of aromatic nitrogens is 1. The summed E-state index contributed by atoms with van der Waals surface area (Å²) in [7, 11) is 0. The molecule has 0 saturated carbocycles. The van der Waals surface area contributed by atoms with Gasteiger partial charge >= 0.3 is 0 Å². The van der Waals surface area contributed by atoms with Crippen molar-refractivity contribution in [1.29, 1.82) is 0 Å². The van der Waals surface area contributed by atoms with E-state index in [9.17, 15) is 0 Å². The fraction of sp³-hybridized carbons (Fsp3) is 0.0769. The molecule has 4 heteroatoms. The zero-order valence-electron chi connectivity index (χ0n) is 9.39. The Hall–Kier alpha value is -1.87. The third kappa shape index (κ3) is 3.29. The van der Waals surface area contributed by atoms with E-state index in [1.807, 2.05) is 49.4 Å². The van der Waals surface area contributed by atoms with E-state index in [1.54, 1.807) is 6.20 Å². The number of benzene rings is 1. The summed E-state index contributed by atoms with van der Waals surface area (Å²) in [4.78, 5) is 4.12. The van der Waals surface area contributed by atoms with Crippen LogP contribution < -0.4 is 5.43 Å². The summed E-state index contributed by atoms with van der Waals surface area (Å²) in [6.07, 6.45) is 1.72. The molecule has 2 rings (SSSR count). The van der Waals surface area contributed by atoms with Gasteiger partial charge in [-0.05, 0) is 36.8 Å². The summed E-state index contributed by atoms with van der Waals surface area (Å²) in [6, 6.07) is 13.2. The summed E-state index contributed by atoms with van der Waals surface area (Å²) in [5.74, 6) is 0.723. The molecule has 3 nitrogen and oxygen atoms in total. The lowest BCUT2D eigenvalue weighted by atomic mass is 10.1. The van der Waals surface area contributed by atoms with Crippen molar-refractivity contribution in [2.75, 3.05) is 5.43 Å². The fourth-order valence-corrected chi connectivity index (χ4v) is 1.45. The average molecular weight is 246 g/mol. The van der Waals surface area contributed by atoms with Crippen molar-refractivity contribution in [2.45, 2.75) is 6.92 Å². The highest BCUT2D eigenvalue weighted by Crippen LogP contribution is 2.10. The lowest BCUT2D eigenvalue weighted by Gasteiger charge is -2.02. The van der Waals surface area contributed by atoms with Crippen LogP contribution in [0.3, 0.4) is 0 Å². The van der Waals surface area contributed by atoms with Crippen molar-refractivity contribution < 1.29 is 0 Å². The molecule has 0 fully saturated rings. The lowest BCUT2D eigenvalue weighted by Crippen LogP contribution is -2.00. The van der Waals surface area contributed by atoms with Gasteiger partial charge in [-0.25, -0.2) is 4.98 Å². The molecule has 1 aromatic heterocycles. The van der Waals surface area contributed by atoms with Crippen LogP contribution in [0.4, 0.5) is 5.82 Å². The third-order valence-corrected chi connectivity index (χ3v) is 2.52. The maximum atomic E-state index is 5.82. The molecule has 0 atom stereocenters. The van der Waals surface area contributed by atoms with E-state index >= 15 is 0 Å². The zero-order valence-corrected chi connectivity index (χ0v) is 10.1. The Balaban J connectivity index is 2.10. The predicted octanol–water partition coefficient (Wildman–Crippen LogP) is 3.57. The minimum atomic E-state index is 0.722. The average Bonchev–Trinajstić information content (AvgIpc) is 2.38. The molecule has 0 aliphatic heterocycles. The number of nitrogens with zero attached hydrogens (tertiary/aromatic N) is 2. The van der Waals surface area contributed by atoms with Gasteiger partial charge in [0.1, 0.15) is 5.82 Å². The number of hydrazone groups is 1. The number of hydrogen-bond acceptors (Lipinski definition) is 3. The van der Waals surface area contributed by atoms with Crippen molar-refractivity contribution in [2.24, 2.45) is 5.10 Å². The van der Waals surface area contributed by atoms with Crippen molar-refractivity contribution in [1.82, 2.24) is 4.98 Å². The van der Waals surface area contributed by atoms with Gasteiger partial charge in [0, 0.05) is 11.2 Å². The smallest absolute Gasteiger partial charge is 0.146 e. The second-order valence-corrected chi connectivity index (χ2v) is 3.97. The topological polar surface area (TPSA) is 37.3 Å². The Morgan fingerprint density at radius 2 is 1.94 bits per heavy atom. The largest absolute Gasteiger partial charge is 0.261 e. The van der Waals surface area contributed by atoms with Gasteiger partial charge < -0.3 is 0 Å². The molecule has 0 aliphatic rings. The summed E-state index contributed by atoms with van der Waals surface area (Å²) in [6.45, 7) is 1.93. The third-order valence-electron chi connectivity index (χ3n) is 2.27. The molecule has 0 radical (unpaired) electrons. The predicted molar refractivity (Wildman–Crippen MR) is 71.5 cm³/mol. The molecule has 0 aliphatic carbocycles. The first-order chi connectivity index (χ1) is 8.25. The van der Waals surface area contributed by atoms with Gasteiger partial charge in [0.05, 0.1) is 5.71 Å². The Morgan fingerprint density at radius 3 is 2.59 bits per heavy atom. The minimum absolute atomic E-state index is 0.722. The summed E-state index contributed by atoms with van der Waals surface area (Å²) >= 11 is 5.82. The van der Waals surface area contributed by atoms with Crippen LogP contribution in [0, 0.1) is 0 Å². The van der Waals surface area contributed by atoms with Crippen LogP contribution in [-0.4, -0.2) is 10.7 Å². The molecule has 1 N–H and O–H groups in total. The molecular weight excluding hydrogens is 234 g/mol. The normalized spacial score (nSPS) is 11.3. The molecular formula is C13H12ClN3. The van der Waals surface area contributed by atoms with E-state index < -0.39 is 0 Å². The van der Waals surface area contributed by atoms with Crippen LogP contribution >= 0.6 is 11.6 Å². The molecule has 1 heterocycles. The van der Waals surface area contributed by atoms with E-state index in [-0.39, 0.29) is 0 Å². The standard InChI is InChI=1S/C13H12ClN3/c1-10(11-5-7-12(14)8-6-11)16-17-13-4-2-3-9-15-13/h2-9H,1H3,(H,15,17)/b16-10-. The van der Waals surface area contributed by atoms with E-state index in [4.69, 9.17) is 11.6 Å². The first-order valence-electron chi connectivity index (χ1n) is 5.23. The Kier molecular flexibility index (Phi) is 3.73. The van der Waals surface area contributed by atoms with E-state index in [0.29, 0.717) is 0 Å². The van der Waals surface area contributed by atoms with Crippen LogP contribution in [-0.2, 0) is 0 Å². The van der Waals surface area contributed by atoms with E-state index in [1.165, 1.54) is 0 Å². The monoisotopic (exact) mass is 245 g/mol. The lowest BCUT2D eigenvalue weighted by molar-refractivity contribution is 1.22. The number of halogens is 1. The number of anilines is 1. The van der Waals surface area contributed by atoms with E-state index in [0.717, 1.165) is 22.1 Å². The van der Waals surface area contributed by atoms with Gasteiger partial charge in [-0.2, -0.15) is 5.10 Å². The van der Waals surface area contributed by atoms with Crippen molar-refractivity contribution in [3.63, 3.8) is 0 Å². The van der Waals surface area contributed by atoms with Gasteiger partial charge in [-0.1, -0.05) is 29.8 Å². The van der Waals surface area contributed by atoms with Gasteiger partial charge in [-0.15, -0.1) is 0 Å². The Bertz CT molecular complexity index is 506. The van der Waals surface area contributed by atoms with Crippen LogP contribution in [0.5, 0.6) is 0 Å². The quantitative estimate of drug-likeness (QED) is 0.663. The van der Waals surface area contributed by atoms with Gasteiger partial charge in [0.25, 0.3) is 0 Å². The number of nitrogens with one attached hydrogen (secondary N) is 1. The second-order valence-electron chi connectivity index (χ2n) is 3.53. The maximum absolute atomic E-state index is 5.82. The second kappa shape index (κ2) is 5.46. The molecule has 0 amide bonds. The molecule has 0 unspecified atom stereocenters. The highest BCUT2D eigenvalue weighted by molar-refractivity contribution is 6.30. The first kappa shape index (κ1) is 11.6. The number of hydrogen-bond donors (Lipinski definition) is 1. The van der Waals surface area contributed by atoms with Gasteiger partial charge in [0.2, 0.25) is 0 Å². The Labute approximate surface area is 105 Å². The molecule has 86 valence electrons. The molecule has 17 heavy (non-hydrogen) atoms. The molecule has 2 aromatic rings. The first-order valence-corrected chi connectivity index (χ1v) is 5.61. The zero-order chi connectivity index (χ0) is 12.1. The molecule has 1 aromatic carbocycles. The molecule has 0 spiro atoms. The van der Waals surface area contributed by atoms with Crippen LogP contribution in [0.25, 0.3) is 0 Å². The highest BCUT2D eigenvalue weighted by Gasteiger charge is 1.97. The van der Waals surface area contributed by atoms with Crippen LogP contribution in [0.2, 0.25) is 5.02 Å². The summed E-state index contributed by atoms with van der Waals surface area (Å²) in [5, 5.41) is 4.98. The minimum Gasteiger partial charge on any atom is -0.261 e. The maximum Gasteiger partial charge on any atom is 0.146 e. The SMILES string of the molecule is C/C(=N/Nc1ccccn1)c1ccc(Cl)cc1. The summed E-state index contributed by atoms with van der Waals surface area (Å²) in [5.41, 5.74) is 4.81. The summed E-state index contributed by atoms with van der Waals surface area (Å²) < 4.78 is 0.